The first-order valence-corrected chi connectivity index (χ1v) is 9.36. The molecule has 0 spiro atoms. The largest absolute Gasteiger partial charge is 0.352 e. The average molecular weight is 358 g/mol. The minimum Gasteiger partial charge on any atom is -0.352 e. The van der Waals surface area contributed by atoms with E-state index < -0.39 is 0 Å². The van der Waals surface area contributed by atoms with E-state index in [2.05, 4.69) is 15.6 Å². The van der Waals surface area contributed by atoms with E-state index in [9.17, 15) is 9.59 Å². The van der Waals surface area contributed by atoms with E-state index in [1.54, 1.807) is 18.3 Å². The van der Waals surface area contributed by atoms with Crippen LogP contribution in [0.5, 0.6) is 0 Å². The van der Waals surface area contributed by atoms with Gasteiger partial charge in [-0.25, -0.2) is 0 Å². The monoisotopic (exact) mass is 358 g/mol. The number of rotatable bonds is 6. The van der Waals surface area contributed by atoms with Gasteiger partial charge in [-0.2, -0.15) is 0 Å². The highest BCUT2D eigenvalue weighted by molar-refractivity contribution is 7.17. The van der Waals surface area contributed by atoms with Crippen LogP contribution in [0.3, 0.4) is 0 Å². The van der Waals surface area contributed by atoms with Crippen molar-refractivity contribution in [2.24, 2.45) is 5.73 Å². The standard InChI is InChI=1S/C18H22N4O2S/c19-8-4-10-21-17(24)15-13-6-1-2-7-14(13)25-18(15)22-16(23)12-5-3-9-20-11-12/h3,5,9,11H,1-2,4,6-8,10,19H2,(H,21,24)(H,22,23). The number of aromatic nitrogens is 1. The molecule has 7 heteroatoms. The molecule has 0 bridgehead atoms. The molecule has 0 radical (unpaired) electrons. The van der Waals surface area contributed by atoms with E-state index in [0.717, 1.165) is 37.7 Å². The number of thiophene rings is 1. The molecule has 2 aromatic rings. The molecule has 132 valence electrons. The highest BCUT2D eigenvalue weighted by Gasteiger charge is 2.26. The lowest BCUT2D eigenvalue weighted by Gasteiger charge is -2.13. The van der Waals surface area contributed by atoms with Gasteiger partial charge in [-0.1, -0.05) is 0 Å². The Morgan fingerprint density at radius 2 is 2.08 bits per heavy atom. The molecule has 0 saturated carbocycles. The molecule has 0 unspecified atom stereocenters. The van der Waals surface area contributed by atoms with Crippen molar-refractivity contribution in [2.45, 2.75) is 32.1 Å². The van der Waals surface area contributed by atoms with Crippen molar-refractivity contribution in [3.05, 3.63) is 46.1 Å². The van der Waals surface area contributed by atoms with Crippen molar-refractivity contribution in [2.75, 3.05) is 18.4 Å². The van der Waals surface area contributed by atoms with Crippen molar-refractivity contribution in [3.63, 3.8) is 0 Å². The van der Waals surface area contributed by atoms with Crippen molar-refractivity contribution in [1.82, 2.24) is 10.3 Å². The van der Waals surface area contributed by atoms with E-state index in [1.165, 1.54) is 22.4 Å². The van der Waals surface area contributed by atoms with Gasteiger partial charge in [0.25, 0.3) is 11.8 Å². The summed E-state index contributed by atoms with van der Waals surface area (Å²) in [5.41, 5.74) is 7.67. The Morgan fingerprint density at radius 1 is 1.24 bits per heavy atom. The summed E-state index contributed by atoms with van der Waals surface area (Å²) in [5.74, 6) is -0.378. The molecule has 6 nitrogen and oxygen atoms in total. The molecule has 3 rings (SSSR count). The quantitative estimate of drug-likeness (QED) is 0.691. The minimum absolute atomic E-state index is 0.130. The molecule has 2 amide bonds. The van der Waals surface area contributed by atoms with Crippen LogP contribution in [0.2, 0.25) is 0 Å². The number of nitrogens with two attached hydrogens (primary N) is 1. The number of nitrogens with zero attached hydrogens (tertiary/aromatic N) is 1. The SMILES string of the molecule is NCCCNC(=O)c1c(NC(=O)c2cccnc2)sc2c1CCCC2. The van der Waals surface area contributed by atoms with E-state index in [1.807, 2.05) is 0 Å². The summed E-state index contributed by atoms with van der Waals surface area (Å²) in [7, 11) is 0. The summed E-state index contributed by atoms with van der Waals surface area (Å²) in [6.45, 7) is 1.07. The number of fused-ring (bicyclic) bond motifs is 1. The highest BCUT2D eigenvalue weighted by Crippen LogP contribution is 2.38. The second-order valence-electron chi connectivity index (χ2n) is 6.01. The molecule has 25 heavy (non-hydrogen) atoms. The Labute approximate surface area is 150 Å². The lowest BCUT2D eigenvalue weighted by Crippen LogP contribution is -2.28. The average Bonchev–Trinajstić information content (AvgIpc) is 3.00. The molecule has 1 aliphatic carbocycles. The highest BCUT2D eigenvalue weighted by atomic mass is 32.1. The van der Waals surface area contributed by atoms with Crippen LogP contribution in [0.15, 0.2) is 24.5 Å². The fourth-order valence-corrected chi connectivity index (χ4v) is 4.24. The van der Waals surface area contributed by atoms with Gasteiger partial charge < -0.3 is 16.4 Å². The number of hydrogen-bond acceptors (Lipinski definition) is 5. The van der Waals surface area contributed by atoms with Gasteiger partial charge in [0, 0.05) is 23.8 Å². The fourth-order valence-electron chi connectivity index (χ4n) is 2.96. The Morgan fingerprint density at radius 3 is 2.84 bits per heavy atom. The lowest BCUT2D eigenvalue weighted by atomic mass is 9.95. The predicted octanol–water partition coefficient (Wildman–Crippen LogP) is 2.35. The first kappa shape index (κ1) is 17.6. The molecule has 0 atom stereocenters. The van der Waals surface area contributed by atoms with Crippen LogP contribution < -0.4 is 16.4 Å². The predicted molar refractivity (Wildman–Crippen MR) is 99.2 cm³/mol. The molecule has 4 N–H and O–H groups in total. The summed E-state index contributed by atoms with van der Waals surface area (Å²) in [6.07, 6.45) is 7.91. The maximum Gasteiger partial charge on any atom is 0.257 e. The zero-order valence-corrected chi connectivity index (χ0v) is 14.8. The van der Waals surface area contributed by atoms with Crippen LogP contribution in [-0.4, -0.2) is 29.9 Å². The van der Waals surface area contributed by atoms with Gasteiger partial charge >= 0.3 is 0 Å². The van der Waals surface area contributed by atoms with Crippen molar-refractivity contribution < 1.29 is 9.59 Å². The second-order valence-corrected chi connectivity index (χ2v) is 7.11. The Kier molecular flexibility index (Phi) is 5.78. The van der Waals surface area contributed by atoms with E-state index >= 15 is 0 Å². The van der Waals surface area contributed by atoms with E-state index in [4.69, 9.17) is 5.73 Å². The maximum absolute atomic E-state index is 12.7. The number of nitrogens with one attached hydrogen (secondary N) is 2. The molecule has 0 aromatic carbocycles. The van der Waals surface area contributed by atoms with Gasteiger partial charge in [-0.15, -0.1) is 11.3 Å². The third kappa shape index (κ3) is 4.05. The van der Waals surface area contributed by atoms with Gasteiger partial charge in [-0.3, -0.25) is 14.6 Å². The van der Waals surface area contributed by atoms with Crippen LogP contribution >= 0.6 is 11.3 Å². The fraction of sp³-hybridized carbons (Fsp3) is 0.389. The van der Waals surface area contributed by atoms with Gasteiger partial charge in [0.1, 0.15) is 5.00 Å². The summed E-state index contributed by atoms with van der Waals surface area (Å²) < 4.78 is 0. The van der Waals surface area contributed by atoms with Gasteiger partial charge in [-0.05, 0) is 56.3 Å². The van der Waals surface area contributed by atoms with Crippen molar-refractivity contribution in [1.29, 1.82) is 0 Å². The number of pyridine rings is 1. The second kappa shape index (κ2) is 8.22. The summed E-state index contributed by atoms with van der Waals surface area (Å²) in [4.78, 5) is 30.3. The number of amides is 2. The van der Waals surface area contributed by atoms with E-state index in [0.29, 0.717) is 29.2 Å². The summed E-state index contributed by atoms with van der Waals surface area (Å²) >= 11 is 1.51. The summed E-state index contributed by atoms with van der Waals surface area (Å²) in [5, 5.41) is 6.45. The van der Waals surface area contributed by atoms with Crippen LogP contribution in [0.25, 0.3) is 0 Å². The Balaban J connectivity index is 1.86. The molecular formula is C18H22N4O2S. The van der Waals surface area contributed by atoms with Gasteiger partial charge in [0.2, 0.25) is 0 Å². The molecule has 0 saturated heterocycles. The number of carbonyl (C=O) groups is 2. The Hall–Kier alpha value is -2.25. The van der Waals surface area contributed by atoms with Crippen molar-refractivity contribution >= 4 is 28.2 Å². The number of anilines is 1. The number of aryl methyl sites for hydroxylation is 1. The van der Waals surface area contributed by atoms with Crippen molar-refractivity contribution in [3.8, 4) is 0 Å². The smallest absolute Gasteiger partial charge is 0.257 e. The molecule has 2 heterocycles. The Bertz CT molecular complexity index is 758. The van der Waals surface area contributed by atoms with Gasteiger partial charge in [0.05, 0.1) is 11.1 Å². The number of hydrogen-bond donors (Lipinski definition) is 3. The normalized spacial score (nSPS) is 13.2. The zero-order chi connectivity index (χ0) is 17.6. The molecule has 1 aliphatic rings. The number of carbonyl (C=O) groups excluding carboxylic acids is 2. The zero-order valence-electron chi connectivity index (χ0n) is 14.0. The minimum atomic E-state index is -0.247. The first-order valence-electron chi connectivity index (χ1n) is 8.55. The lowest BCUT2D eigenvalue weighted by molar-refractivity contribution is 0.0953. The van der Waals surface area contributed by atoms with Crippen LogP contribution in [-0.2, 0) is 12.8 Å². The third-order valence-electron chi connectivity index (χ3n) is 4.22. The molecular weight excluding hydrogens is 336 g/mol. The summed E-state index contributed by atoms with van der Waals surface area (Å²) in [6, 6.07) is 3.42. The van der Waals surface area contributed by atoms with Crippen LogP contribution in [0.4, 0.5) is 5.00 Å². The van der Waals surface area contributed by atoms with Gasteiger partial charge in [0.15, 0.2) is 0 Å². The van der Waals surface area contributed by atoms with Crippen LogP contribution in [0, 0.1) is 0 Å². The maximum atomic E-state index is 12.7. The molecule has 2 aromatic heterocycles. The first-order chi connectivity index (χ1) is 12.2. The van der Waals surface area contributed by atoms with E-state index in [-0.39, 0.29) is 11.8 Å². The molecule has 0 fully saturated rings. The topological polar surface area (TPSA) is 97.1 Å². The van der Waals surface area contributed by atoms with Crippen LogP contribution in [0.1, 0.15) is 50.4 Å². The third-order valence-corrected chi connectivity index (χ3v) is 5.42. The molecule has 0 aliphatic heterocycles.